The van der Waals surface area contributed by atoms with E-state index in [1.54, 1.807) is 37.1 Å². The first-order valence-corrected chi connectivity index (χ1v) is 12.2. The highest BCUT2D eigenvalue weighted by atomic mass is 16.5. The SMILES string of the molecule is CCC(=O)Nc1ccc2c(c1)C(=O)N(C)[C@@H]1CC[C@@H](CC(=O)N[C@@H](C)c3ccccc3)O[C@@H]1CO2. The molecule has 35 heavy (non-hydrogen) atoms. The summed E-state index contributed by atoms with van der Waals surface area (Å²) in [7, 11) is 1.77. The summed E-state index contributed by atoms with van der Waals surface area (Å²) in [6.07, 6.45) is 1.42. The molecule has 2 aliphatic rings. The van der Waals surface area contributed by atoms with Crippen molar-refractivity contribution >= 4 is 23.4 Å². The maximum atomic E-state index is 13.3. The van der Waals surface area contributed by atoms with Crippen molar-refractivity contribution in [1.82, 2.24) is 10.2 Å². The Balaban J connectivity index is 1.40. The predicted octanol–water partition coefficient (Wildman–Crippen LogP) is 3.68. The van der Waals surface area contributed by atoms with Crippen LogP contribution in [-0.2, 0) is 14.3 Å². The molecule has 1 fully saturated rings. The van der Waals surface area contributed by atoms with Crippen LogP contribution in [0.5, 0.6) is 5.75 Å². The fourth-order valence-corrected chi connectivity index (χ4v) is 4.69. The lowest BCUT2D eigenvalue weighted by atomic mass is 9.94. The predicted molar refractivity (Wildman–Crippen MR) is 132 cm³/mol. The largest absolute Gasteiger partial charge is 0.490 e. The normalized spacial score (nSPS) is 22.5. The molecule has 0 radical (unpaired) electrons. The van der Waals surface area contributed by atoms with E-state index < -0.39 is 0 Å². The monoisotopic (exact) mass is 479 g/mol. The fourth-order valence-electron chi connectivity index (χ4n) is 4.69. The van der Waals surface area contributed by atoms with Gasteiger partial charge in [-0.3, -0.25) is 14.4 Å². The molecule has 4 rings (SSSR count). The van der Waals surface area contributed by atoms with Crippen LogP contribution in [-0.4, -0.2) is 54.5 Å². The van der Waals surface area contributed by atoms with Crippen LogP contribution in [0, 0.1) is 0 Å². The molecule has 0 aromatic heterocycles. The molecule has 1 saturated heterocycles. The highest BCUT2D eigenvalue weighted by Gasteiger charge is 2.39. The molecule has 0 bridgehead atoms. The maximum Gasteiger partial charge on any atom is 0.257 e. The number of ether oxygens (including phenoxy) is 2. The second-order valence-corrected chi connectivity index (χ2v) is 9.18. The molecule has 2 aliphatic heterocycles. The second kappa shape index (κ2) is 10.9. The summed E-state index contributed by atoms with van der Waals surface area (Å²) in [6.45, 7) is 4.01. The van der Waals surface area contributed by atoms with Gasteiger partial charge < -0.3 is 25.0 Å². The summed E-state index contributed by atoms with van der Waals surface area (Å²) < 4.78 is 12.3. The Morgan fingerprint density at radius 1 is 1.11 bits per heavy atom. The highest BCUT2D eigenvalue weighted by molar-refractivity contribution is 5.99. The molecular formula is C27H33N3O5. The molecule has 8 heteroatoms. The number of likely N-dealkylation sites (N-methyl/N-ethyl adjacent to an activating group) is 1. The Morgan fingerprint density at radius 3 is 2.63 bits per heavy atom. The van der Waals surface area contributed by atoms with Crippen molar-refractivity contribution in [2.24, 2.45) is 0 Å². The lowest BCUT2D eigenvalue weighted by Gasteiger charge is -2.42. The van der Waals surface area contributed by atoms with Crippen LogP contribution in [0.2, 0.25) is 0 Å². The van der Waals surface area contributed by atoms with E-state index in [-0.39, 0.29) is 55.0 Å². The molecule has 0 spiro atoms. The van der Waals surface area contributed by atoms with Crippen LogP contribution < -0.4 is 15.4 Å². The van der Waals surface area contributed by atoms with Gasteiger partial charge in [0.15, 0.2) is 0 Å². The first-order valence-electron chi connectivity index (χ1n) is 12.2. The molecular weight excluding hydrogens is 446 g/mol. The Kier molecular flexibility index (Phi) is 7.70. The van der Waals surface area contributed by atoms with Gasteiger partial charge in [-0.1, -0.05) is 37.3 Å². The number of fused-ring (bicyclic) bond motifs is 2. The lowest BCUT2D eigenvalue weighted by Crippen LogP contribution is -2.54. The minimum Gasteiger partial charge on any atom is -0.490 e. The fraction of sp³-hybridized carbons (Fsp3) is 0.444. The Labute approximate surface area is 206 Å². The molecule has 0 aliphatic carbocycles. The standard InChI is InChI=1S/C27H33N3O5/c1-4-25(31)29-19-10-13-23-21(14-19)27(33)30(3)22-12-11-20(35-24(22)16-34-23)15-26(32)28-17(2)18-8-6-5-7-9-18/h5-10,13-14,17,20,22,24H,4,11-12,15-16H2,1-3H3,(H,28,32)(H,29,31)/t17-,20-,22+,24+/m0/s1. The van der Waals surface area contributed by atoms with Gasteiger partial charge in [0.2, 0.25) is 11.8 Å². The van der Waals surface area contributed by atoms with Gasteiger partial charge in [0.25, 0.3) is 5.91 Å². The van der Waals surface area contributed by atoms with Gasteiger partial charge in [-0.05, 0) is 43.5 Å². The van der Waals surface area contributed by atoms with Gasteiger partial charge in [-0.25, -0.2) is 0 Å². The quantitative estimate of drug-likeness (QED) is 0.659. The number of benzene rings is 2. The van der Waals surface area contributed by atoms with Crippen LogP contribution in [0.15, 0.2) is 48.5 Å². The maximum absolute atomic E-state index is 13.3. The summed E-state index contributed by atoms with van der Waals surface area (Å²) in [4.78, 5) is 39.4. The van der Waals surface area contributed by atoms with Crippen molar-refractivity contribution in [2.45, 2.75) is 63.8 Å². The number of nitrogens with one attached hydrogen (secondary N) is 2. The molecule has 2 aromatic carbocycles. The Hall–Kier alpha value is -3.39. The van der Waals surface area contributed by atoms with E-state index in [0.29, 0.717) is 36.3 Å². The molecule has 4 atom stereocenters. The van der Waals surface area contributed by atoms with E-state index in [1.807, 2.05) is 37.3 Å². The van der Waals surface area contributed by atoms with E-state index in [2.05, 4.69) is 10.6 Å². The smallest absolute Gasteiger partial charge is 0.257 e. The molecule has 186 valence electrons. The van der Waals surface area contributed by atoms with Crippen molar-refractivity contribution in [3.05, 3.63) is 59.7 Å². The minimum atomic E-state index is -0.338. The number of carbonyl (C=O) groups is 3. The van der Waals surface area contributed by atoms with Gasteiger partial charge >= 0.3 is 0 Å². The van der Waals surface area contributed by atoms with E-state index in [0.717, 1.165) is 5.56 Å². The van der Waals surface area contributed by atoms with Crippen molar-refractivity contribution in [1.29, 1.82) is 0 Å². The van der Waals surface area contributed by atoms with Gasteiger partial charge in [0.05, 0.1) is 30.2 Å². The molecule has 2 N–H and O–H groups in total. The van der Waals surface area contributed by atoms with Crippen LogP contribution in [0.3, 0.4) is 0 Å². The van der Waals surface area contributed by atoms with Gasteiger partial charge in [0, 0.05) is 19.2 Å². The highest BCUT2D eigenvalue weighted by Crippen LogP contribution is 2.32. The number of hydrogen-bond donors (Lipinski definition) is 2. The molecule has 3 amide bonds. The zero-order valence-corrected chi connectivity index (χ0v) is 20.5. The topological polar surface area (TPSA) is 97.0 Å². The van der Waals surface area contributed by atoms with Gasteiger partial charge in [0.1, 0.15) is 18.5 Å². The third-order valence-electron chi connectivity index (χ3n) is 6.71. The molecule has 8 nitrogen and oxygen atoms in total. The molecule has 2 heterocycles. The zero-order chi connectivity index (χ0) is 24.9. The van der Waals surface area contributed by atoms with Crippen LogP contribution in [0.4, 0.5) is 5.69 Å². The summed E-state index contributed by atoms with van der Waals surface area (Å²) in [5.41, 5.74) is 2.03. The average molecular weight is 480 g/mol. The van der Waals surface area contributed by atoms with Crippen molar-refractivity contribution < 1.29 is 23.9 Å². The van der Waals surface area contributed by atoms with Gasteiger partial charge in [-0.2, -0.15) is 0 Å². The minimum absolute atomic E-state index is 0.0620. The van der Waals surface area contributed by atoms with E-state index >= 15 is 0 Å². The number of amides is 3. The van der Waals surface area contributed by atoms with Crippen molar-refractivity contribution in [3.8, 4) is 5.75 Å². The van der Waals surface area contributed by atoms with E-state index in [4.69, 9.17) is 9.47 Å². The second-order valence-electron chi connectivity index (χ2n) is 9.18. The van der Waals surface area contributed by atoms with Gasteiger partial charge in [-0.15, -0.1) is 0 Å². The Bertz CT molecular complexity index is 1070. The summed E-state index contributed by atoms with van der Waals surface area (Å²) in [5, 5.41) is 5.83. The zero-order valence-electron chi connectivity index (χ0n) is 20.5. The van der Waals surface area contributed by atoms with E-state index in [1.165, 1.54) is 0 Å². The third kappa shape index (κ3) is 5.82. The first-order chi connectivity index (χ1) is 16.9. The first kappa shape index (κ1) is 24.7. The molecule has 0 unspecified atom stereocenters. The molecule has 2 aromatic rings. The summed E-state index contributed by atoms with van der Waals surface area (Å²) in [6, 6.07) is 14.7. The number of nitrogens with zero attached hydrogens (tertiary/aromatic N) is 1. The van der Waals surface area contributed by atoms with E-state index in [9.17, 15) is 14.4 Å². The molecule has 0 saturated carbocycles. The number of hydrogen-bond acceptors (Lipinski definition) is 5. The summed E-state index contributed by atoms with van der Waals surface area (Å²) >= 11 is 0. The van der Waals surface area contributed by atoms with Crippen LogP contribution in [0.25, 0.3) is 0 Å². The Morgan fingerprint density at radius 2 is 1.89 bits per heavy atom. The van der Waals surface area contributed by atoms with Crippen molar-refractivity contribution in [3.63, 3.8) is 0 Å². The third-order valence-corrected chi connectivity index (χ3v) is 6.71. The number of rotatable bonds is 6. The number of anilines is 1. The number of carbonyl (C=O) groups excluding carboxylic acids is 3. The van der Waals surface area contributed by atoms with Crippen molar-refractivity contribution in [2.75, 3.05) is 19.0 Å². The summed E-state index contributed by atoms with van der Waals surface area (Å²) in [5.74, 6) is 0.0909. The van der Waals surface area contributed by atoms with Crippen LogP contribution in [0.1, 0.15) is 61.5 Å². The average Bonchev–Trinajstić information content (AvgIpc) is 2.86. The lowest BCUT2D eigenvalue weighted by molar-refractivity contribution is -0.134. The van der Waals surface area contributed by atoms with Crippen LogP contribution >= 0.6 is 0 Å².